The van der Waals surface area contributed by atoms with Gasteiger partial charge in [0.25, 0.3) is 5.69 Å². The number of hydrogen-bond acceptors (Lipinski definition) is 6. The molecule has 6 nitrogen and oxygen atoms in total. The molecule has 2 rings (SSSR count). The van der Waals surface area contributed by atoms with Gasteiger partial charge in [-0.15, -0.1) is 0 Å². The van der Waals surface area contributed by atoms with Crippen LogP contribution >= 0.6 is 11.8 Å². The topological polar surface area (TPSA) is 81.0 Å². The predicted octanol–water partition coefficient (Wildman–Crippen LogP) is 3.09. The Kier molecular flexibility index (Phi) is 4.73. The van der Waals surface area contributed by atoms with Crippen molar-refractivity contribution in [1.82, 2.24) is 9.97 Å². The number of nitrogens with one attached hydrogen (secondary N) is 1. The molecule has 20 heavy (non-hydrogen) atoms. The molecule has 1 heterocycles. The van der Waals surface area contributed by atoms with Crippen LogP contribution in [-0.2, 0) is 0 Å². The maximum absolute atomic E-state index is 10.8. The van der Waals surface area contributed by atoms with Crippen molar-refractivity contribution in [2.75, 3.05) is 18.1 Å². The van der Waals surface area contributed by atoms with Crippen LogP contribution in [0, 0.1) is 10.1 Å². The molecule has 1 unspecified atom stereocenters. The summed E-state index contributed by atoms with van der Waals surface area (Å²) in [5.41, 5.74) is 0.749. The van der Waals surface area contributed by atoms with Crippen molar-refractivity contribution in [2.24, 2.45) is 0 Å². The second-order valence-electron chi connectivity index (χ2n) is 4.44. The number of hydrogen-bond donors (Lipinski definition) is 1. The third-order valence-electron chi connectivity index (χ3n) is 3.08. The van der Waals surface area contributed by atoms with E-state index in [1.807, 2.05) is 11.8 Å². The van der Waals surface area contributed by atoms with Crippen LogP contribution in [0.3, 0.4) is 0 Å². The summed E-state index contributed by atoms with van der Waals surface area (Å²) in [4.78, 5) is 18.7. The lowest BCUT2D eigenvalue weighted by Gasteiger charge is -2.10. The molecule has 0 spiro atoms. The van der Waals surface area contributed by atoms with Gasteiger partial charge < -0.3 is 5.32 Å². The quantitative estimate of drug-likeness (QED) is 0.651. The SMILES string of the molecule is CSC(C)CCNc1ncnc2ccc([N+](=O)[O-])cc12. The van der Waals surface area contributed by atoms with Gasteiger partial charge in [0, 0.05) is 29.3 Å². The van der Waals surface area contributed by atoms with E-state index in [2.05, 4.69) is 28.5 Å². The molecular formula is C13H16N4O2S. The van der Waals surface area contributed by atoms with Gasteiger partial charge in [-0.2, -0.15) is 11.8 Å². The standard InChI is InChI=1S/C13H16N4O2S/c1-9(20-2)5-6-14-13-11-7-10(17(18)19)3-4-12(11)15-8-16-13/h3-4,7-9H,5-6H2,1-2H3,(H,14,15,16). The predicted molar refractivity (Wildman–Crippen MR) is 82.3 cm³/mol. The minimum atomic E-state index is -0.411. The third kappa shape index (κ3) is 3.36. The lowest BCUT2D eigenvalue weighted by molar-refractivity contribution is -0.384. The van der Waals surface area contributed by atoms with E-state index >= 15 is 0 Å². The third-order valence-corrected chi connectivity index (χ3v) is 4.12. The number of nitrogens with zero attached hydrogens (tertiary/aromatic N) is 3. The highest BCUT2D eigenvalue weighted by Crippen LogP contribution is 2.24. The van der Waals surface area contributed by atoms with E-state index in [0.29, 0.717) is 22.0 Å². The summed E-state index contributed by atoms with van der Waals surface area (Å²) in [6.45, 7) is 2.94. The molecule has 1 N–H and O–H groups in total. The van der Waals surface area contributed by atoms with Crippen LogP contribution in [0.5, 0.6) is 0 Å². The molecule has 1 aromatic carbocycles. The Hall–Kier alpha value is -1.89. The van der Waals surface area contributed by atoms with E-state index < -0.39 is 4.92 Å². The van der Waals surface area contributed by atoms with Crippen molar-refractivity contribution in [3.8, 4) is 0 Å². The van der Waals surface area contributed by atoms with Crippen molar-refractivity contribution >= 4 is 34.2 Å². The van der Waals surface area contributed by atoms with Crippen LogP contribution in [0.15, 0.2) is 24.5 Å². The Morgan fingerprint density at radius 3 is 2.95 bits per heavy atom. The fraction of sp³-hybridized carbons (Fsp3) is 0.385. The van der Waals surface area contributed by atoms with E-state index in [0.717, 1.165) is 13.0 Å². The lowest BCUT2D eigenvalue weighted by atomic mass is 10.2. The zero-order valence-corrected chi connectivity index (χ0v) is 12.2. The maximum atomic E-state index is 10.8. The van der Waals surface area contributed by atoms with Crippen LogP contribution in [0.2, 0.25) is 0 Å². The van der Waals surface area contributed by atoms with Gasteiger partial charge in [0.15, 0.2) is 0 Å². The molecule has 0 aliphatic rings. The zero-order valence-electron chi connectivity index (χ0n) is 11.4. The highest BCUT2D eigenvalue weighted by Gasteiger charge is 2.10. The van der Waals surface area contributed by atoms with Crippen molar-refractivity contribution in [3.05, 3.63) is 34.6 Å². The molecule has 1 atom stereocenters. The van der Waals surface area contributed by atoms with Crippen LogP contribution in [-0.4, -0.2) is 32.9 Å². The maximum Gasteiger partial charge on any atom is 0.270 e. The summed E-state index contributed by atoms with van der Waals surface area (Å²) in [6.07, 6.45) is 4.55. The molecule has 0 aliphatic carbocycles. The van der Waals surface area contributed by atoms with Crippen molar-refractivity contribution < 1.29 is 4.92 Å². The van der Waals surface area contributed by atoms with Crippen LogP contribution < -0.4 is 5.32 Å². The first kappa shape index (κ1) is 14.5. The van der Waals surface area contributed by atoms with Crippen LogP contribution in [0.4, 0.5) is 11.5 Å². The van der Waals surface area contributed by atoms with E-state index in [1.54, 1.807) is 6.07 Å². The Morgan fingerprint density at radius 1 is 1.45 bits per heavy atom. The Balaban J connectivity index is 2.23. The first-order chi connectivity index (χ1) is 9.61. The smallest absolute Gasteiger partial charge is 0.270 e. The number of nitro benzene ring substituents is 1. The summed E-state index contributed by atoms with van der Waals surface area (Å²) in [7, 11) is 0. The largest absolute Gasteiger partial charge is 0.369 e. The molecular weight excluding hydrogens is 276 g/mol. The summed E-state index contributed by atoms with van der Waals surface area (Å²) < 4.78 is 0. The molecule has 0 fully saturated rings. The van der Waals surface area contributed by atoms with Gasteiger partial charge in [-0.3, -0.25) is 10.1 Å². The van der Waals surface area contributed by atoms with Gasteiger partial charge in [-0.1, -0.05) is 6.92 Å². The Morgan fingerprint density at radius 2 is 2.25 bits per heavy atom. The van der Waals surface area contributed by atoms with Gasteiger partial charge in [-0.05, 0) is 18.7 Å². The summed E-state index contributed by atoms with van der Waals surface area (Å²) in [5.74, 6) is 0.645. The first-order valence-electron chi connectivity index (χ1n) is 6.27. The molecule has 0 saturated carbocycles. The number of anilines is 1. The zero-order chi connectivity index (χ0) is 14.5. The van der Waals surface area contributed by atoms with Crippen molar-refractivity contribution in [3.63, 3.8) is 0 Å². The molecule has 7 heteroatoms. The van der Waals surface area contributed by atoms with Crippen LogP contribution in [0.1, 0.15) is 13.3 Å². The molecule has 0 saturated heterocycles. The Labute approximate surface area is 121 Å². The number of benzene rings is 1. The average Bonchev–Trinajstić information content (AvgIpc) is 2.46. The van der Waals surface area contributed by atoms with Gasteiger partial charge in [0.2, 0.25) is 0 Å². The van der Waals surface area contributed by atoms with E-state index in [-0.39, 0.29) is 5.69 Å². The number of non-ortho nitro benzene ring substituents is 1. The molecule has 106 valence electrons. The number of rotatable bonds is 6. The van der Waals surface area contributed by atoms with E-state index in [9.17, 15) is 10.1 Å². The molecule has 2 aromatic rings. The van der Waals surface area contributed by atoms with Gasteiger partial charge in [0.05, 0.1) is 10.4 Å². The number of aromatic nitrogens is 2. The van der Waals surface area contributed by atoms with Crippen molar-refractivity contribution in [2.45, 2.75) is 18.6 Å². The van der Waals surface area contributed by atoms with Crippen LogP contribution in [0.25, 0.3) is 10.9 Å². The van der Waals surface area contributed by atoms with Crippen molar-refractivity contribution in [1.29, 1.82) is 0 Å². The number of nitro groups is 1. The minimum absolute atomic E-state index is 0.0489. The first-order valence-corrected chi connectivity index (χ1v) is 7.56. The van der Waals surface area contributed by atoms with Gasteiger partial charge in [-0.25, -0.2) is 9.97 Å². The molecule has 0 aliphatic heterocycles. The highest BCUT2D eigenvalue weighted by atomic mass is 32.2. The monoisotopic (exact) mass is 292 g/mol. The molecule has 0 bridgehead atoms. The second kappa shape index (κ2) is 6.51. The number of thioether (sulfide) groups is 1. The molecule has 0 amide bonds. The summed E-state index contributed by atoms with van der Waals surface area (Å²) in [6, 6.07) is 4.61. The lowest BCUT2D eigenvalue weighted by Crippen LogP contribution is -2.09. The van der Waals surface area contributed by atoms with E-state index in [4.69, 9.17) is 0 Å². The fourth-order valence-electron chi connectivity index (χ4n) is 1.81. The van der Waals surface area contributed by atoms with Gasteiger partial charge in [0.1, 0.15) is 12.1 Å². The Bertz CT molecular complexity index is 620. The normalized spacial score (nSPS) is 12.3. The minimum Gasteiger partial charge on any atom is -0.369 e. The number of fused-ring (bicyclic) bond motifs is 1. The van der Waals surface area contributed by atoms with E-state index in [1.165, 1.54) is 18.5 Å². The average molecular weight is 292 g/mol. The molecule has 1 aromatic heterocycles. The van der Waals surface area contributed by atoms with Gasteiger partial charge >= 0.3 is 0 Å². The fourth-order valence-corrected chi connectivity index (χ4v) is 2.16. The molecule has 0 radical (unpaired) electrons. The summed E-state index contributed by atoms with van der Waals surface area (Å²) >= 11 is 1.81. The summed E-state index contributed by atoms with van der Waals surface area (Å²) in [5, 5.41) is 15.3. The second-order valence-corrected chi connectivity index (χ2v) is 5.72. The highest BCUT2D eigenvalue weighted by molar-refractivity contribution is 7.99.